The zero-order valence-corrected chi connectivity index (χ0v) is 22.1. The summed E-state index contributed by atoms with van der Waals surface area (Å²) in [5, 5.41) is 0. The minimum absolute atomic E-state index is 0.0124. The maximum atomic E-state index is 13.4. The SMILES string of the molecule is COc1cc2c(cc1OC)CCCC(C(=O)N1CCN(C(=O)c3ccc(OC)c(OC)c3OC)CC1)=C2. The largest absolute Gasteiger partial charge is 0.493 e. The summed E-state index contributed by atoms with van der Waals surface area (Å²) in [6.45, 7) is 1.76. The van der Waals surface area contributed by atoms with E-state index in [1.807, 2.05) is 23.1 Å². The molecule has 2 amide bonds. The van der Waals surface area contributed by atoms with Crippen molar-refractivity contribution in [2.75, 3.05) is 61.7 Å². The maximum absolute atomic E-state index is 13.4. The minimum atomic E-state index is -0.173. The van der Waals surface area contributed by atoms with Crippen molar-refractivity contribution in [1.82, 2.24) is 9.80 Å². The molecule has 0 aromatic heterocycles. The van der Waals surface area contributed by atoms with Gasteiger partial charge in [0.25, 0.3) is 5.91 Å². The highest BCUT2D eigenvalue weighted by Crippen LogP contribution is 2.40. The second-order valence-electron chi connectivity index (χ2n) is 8.90. The molecular formula is C28H34N2O7. The molecule has 4 rings (SSSR count). The maximum Gasteiger partial charge on any atom is 0.257 e. The summed E-state index contributed by atoms with van der Waals surface area (Å²) in [4.78, 5) is 30.3. The standard InChI is InChI=1S/C28H34N2O7/c1-33-22-10-9-21(25(36-4)26(22)37-5)28(32)30-13-11-29(12-14-30)27(31)19-8-6-7-18-16-23(34-2)24(35-3)17-20(18)15-19/h9-10,15-17H,6-8,11-14H2,1-5H3. The van der Waals surface area contributed by atoms with E-state index in [1.165, 1.54) is 21.3 Å². The number of methoxy groups -OCH3 is 5. The molecule has 2 aliphatic rings. The number of aryl methyl sites for hydroxylation is 1. The van der Waals surface area contributed by atoms with E-state index in [9.17, 15) is 9.59 Å². The first-order chi connectivity index (χ1) is 17.9. The molecule has 2 aromatic carbocycles. The lowest BCUT2D eigenvalue weighted by Crippen LogP contribution is -2.51. The Kier molecular flexibility index (Phi) is 8.11. The summed E-state index contributed by atoms with van der Waals surface area (Å²) in [5.41, 5.74) is 3.28. The Morgan fingerprint density at radius 3 is 1.86 bits per heavy atom. The van der Waals surface area contributed by atoms with E-state index in [4.69, 9.17) is 23.7 Å². The molecule has 0 radical (unpaired) electrons. The fraction of sp³-hybridized carbons (Fsp3) is 0.429. The van der Waals surface area contributed by atoms with Crippen LogP contribution in [0.25, 0.3) is 6.08 Å². The van der Waals surface area contributed by atoms with Crippen LogP contribution < -0.4 is 23.7 Å². The quantitative estimate of drug-likeness (QED) is 0.564. The van der Waals surface area contributed by atoms with E-state index >= 15 is 0 Å². The Morgan fingerprint density at radius 1 is 0.676 bits per heavy atom. The van der Waals surface area contributed by atoms with Crippen LogP contribution in [-0.2, 0) is 11.2 Å². The predicted octanol–water partition coefficient (Wildman–Crippen LogP) is 3.43. The van der Waals surface area contributed by atoms with Gasteiger partial charge in [0.05, 0.1) is 41.1 Å². The van der Waals surface area contributed by atoms with Gasteiger partial charge in [0.1, 0.15) is 0 Å². The van der Waals surface area contributed by atoms with Crippen molar-refractivity contribution in [3.05, 3.63) is 46.5 Å². The number of ether oxygens (including phenoxy) is 5. The third-order valence-electron chi connectivity index (χ3n) is 6.93. The van der Waals surface area contributed by atoms with Crippen LogP contribution in [0.2, 0.25) is 0 Å². The molecule has 198 valence electrons. The zero-order valence-electron chi connectivity index (χ0n) is 22.1. The average Bonchev–Trinajstić information content (AvgIpc) is 3.16. The van der Waals surface area contributed by atoms with E-state index in [0.29, 0.717) is 66.9 Å². The molecule has 1 saturated heterocycles. The fourth-order valence-electron chi connectivity index (χ4n) is 4.94. The van der Waals surface area contributed by atoms with Gasteiger partial charge in [-0.3, -0.25) is 9.59 Å². The van der Waals surface area contributed by atoms with Gasteiger partial charge in [-0.2, -0.15) is 0 Å². The van der Waals surface area contributed by atoms with Gasteiger partial charge in [0.15, 0.2) is 23.0 Å². The minimum Gasteiger partial charge on any atom is -0.493 e. The van der Waals surface area contributed by atoms with Crippen molar-refractivity contribution in [2.45, 2.75) is 19.3 Å². The van der Waals surface area contributed by atoms with Crippen LogP contribution in [0.15, 0.2) is 29.8 Å². The van der Waals surface area contributed by atoms with E-state index in [2.05, 4.69) is 0 Å². The van der Waals surface area contributed by atoms with Crippen LogP contribution in [0.5, 0.6) is 28.7 Å². The van der Waals surface area contributed by atoms with Gasteiger partial charge in [-0.15, -0.1) is 0 Å². The summed E-state index contributed by atoms with van der Waals surface area (Å²) < 4.78 is 27.1. The molecule has 0 N–H and O–H groups in total. The van der Waals surface area contributed by atoms with Crippen molar-refractivity contribution >= 4 is 17.9 Å². The molecule has 0 bridgehead atoms. The summed E-state index contributed by atoms with van der Waals surface area (Å²) in [7, 11) is 7.76. The highest BCUT2D eigenvalue weighted by molar-refractivity contribution is 6.00. The summed E-state index contributed by atoms with van der Waals surface area (Å²) in [6.07, 6.45) is 4.40. The summed E-state index contributed by atoms with van der Waals surface area (Å²) in [6, 6.07) is 7.29. The lowest BCUT2D eigenvalue weighted by atomic mass is 10.0. The first-order valence-corrected chi connectivity index (χ1v) is 12.3. The molecule has 1 aliphatic carbocycles. The number of benzene rings is 2. The van der Waals surface area contributed by atoms with Gasteiger partial charge < -0.3 is 33.5 Å². The number of hydrogen-bond donors (Lipinski definition) is 0. The summed E-state index contributed by atoms with van der Waals surface area (Å²) >= 11 is 0. The van der Waals surface area contributed by atoms with Crippen molar-refractivity contribution in [3.8, 4) is 28.7 Å². The Bertz CT molecular complexity index is 1200. The predicted molar refractivity (Wildman–Crippen MR) is 139 cm³/mol. The highest BCUT2D eigenvalue weighted by atomic mass is 16.5. The normalized spacial score (nSPS) is 15.2. The Morgan fingerprint density at radius 2 is 1.27 bits per heavy atom. The molecule has 2 aromatic rings. The van der Waals surface area contributed by atoms with Crippen LogP contribution in [0.3, 0.4) is 0 Å². The van der Waals surface area contributed by atoms with Gasteiger partial charge in [-0.05, 0) is 60.7 Å². The lowest BCUT2D eigenvalue weighted by Gasteiger charge is -2.35. The second-order valence-corrected chi connectivity index (χ2v) is 8.90. The molecule has 0 unspecified atom stereocenters. The number of nitrogens with zero attached hydrogens (tertiary/aromatic N) is 2. The number of carbonyl (C=O) groups is 2. The molecule has 0 spiro atoms. The van der Waals surface area contributed by atoms with Gasteiger partial charge in [-0.25, -0.2) is 0 Å². The average molecular weight is 511 g/mol. The third-order valence-corrected chi connectivity index (χ3v) is 6.93. The van der Waals surface area contributed by atoms with E-state index < -0.39 is 0 Å². The molecule has 1 heterocycles. The molecule has 0 saturated carbocycles. The van der Waals surface area contributed by atoms with Gasteiger partial charge >= 0.3 is 0 Å². The second kappa shape index (κ2) is 11.5. The Balaban J connectivity index is 1.48. The van der Waals surface area contributed by atoms with Gasteiger partial charge in [0.2, 0.25) is 11.7 Å². The van der Waals surface area contributed by atoms with Crippen LogP contribution in [0.1, 0.15) is 34.3 Å². The monoisotopic (exact) mass is 510 g/mol. The van der Waals surface area contributed by atoms with Crippen molar-refractivity contribution in [1.29, 1.82) is 0 Å². The molecule has 9 heteroatoms. The van der Waals surface area contributed by atoms with Crippen molar-refractivity contribution in [2.24, 2.45) is 0 Å². The number of amides is 2. The number of fused-ring (bicyclic) bond motifs is 1. The first-order valence-electron chi connectivity index (χ1n) is 12.3. The van der Waals surface area contributed by atoms with Crippen molar-refractivity contribution < 1.29 is 33.3 Å². The molecular weight excluding hydrogens is 476 g/mol. The molecule has 1 aliphatic heterocycles. The molecule has 1 fully saturated rings. The molecule has 37 heavy (non-hydrogen) atoms. The number of piperazine rings is 1. The van der Waals surface area contributed by atoms with Crippen molar-refractivity contribution in [3.63, 3.8) is 0 Å². The summed E-state index contributed by atoms with van der Waals surface area (Å²) in [5.74, 6) is 2.37. The van der Waals surface area contributed by atoms with Crippen LogP contribution >= 0.6 is 0 Å². The number of hydrogen-bond acceptors (Lipinski definition) is 7. The van der Waals surface area contributed by atoms with E-state index in [-0.39, 0.29) is 11.8 Å². The number of carbonyl (C=O) groups excluding carboxylic acids is 2. The smallest absolute Gasteiger partial charge is 0.257 e. The fourth-order valence-corrected chi connectivity index (χ4v) is 4.94. The number of rotatable bonds is 7. The van der Waals surface area contributed by atoms with Crippen LogP contribution in [-0.4, -0.2) is 83.3 Å². The Labute approximate surface area is 217 Å². The molecule has 0 atom stereocenters. The van der Waals surface area contributed by atoms with Gasteiger partial charge in [0, 0.05) is 31.8 Å². The van der Waals surface area contributed by atoms with Crippen LogP contribution in [0.4, 0.5) is 0 Å². The topological polar surface area (TPSA) is 86.8 Å². The van der Waals surface area contributed by atoms with E-state index in [0.717, 1.165) is 29.5 Å². The zero-order chi connectivity index (χ0) is 26.5. The Hall–Kier alpha value is -3.88. The van der Waals surface area contributed by atoms with E-state index in [1.54, 1.807) is 31.3 Å². The molecule has 9 nitrogen and oxygen atoms in total. The highest BCUT2D eigenvalue weighted by Gasteiger charge is 2.30. The third kappa shape index (κ3) is 5.16. The van der Waals surface area contributed by atoms with Crippen LogP contribution in [0, 0.1) is 0 Å². The first kappa shape index (κ1) is 26.2. The lowest BCUT2D eigenvalue weighted by molar-refractivity contribution is -0.128. The van der Waals surface area contributed by atoms with Gasteiger partial charge in [-0.1, -0.05) is 0 Å².